The highest BCUT2D eigenvalue weighted by molar-refractivity contribution is 5.87. The van der Waals surface area contributed by atoms with Gasteiger partial charge in [-0.25, -0.2) is 4.79 Å². The van der Waals surface area contributed by atoms with Crippen LogP contribution < -0.4 is 21.9 Å². The number of aromatic amines is 1. The molecule has 1 aromatic rings. The number of aliphatic hydroxyl groups is 8. The Bertz CT molecular complexity index is 1610. The molecule has 0 unspecified atom stereocenters. The highest BCUT2D eigenvalue weighted by atomic mass is 16.8. The molecule has 3 aliphatic rings. The minimum Gasteiger partial charge on any atom is -0.394 e. The Morgan fingerprint density at radius 2 is 1.33 bits per heavy atom. The second-order valence-corrected chi connectivity index (χ2v) is 16.0. The zero-order chi connectivity index (χ0) is 43.9. The molecule has 0 radical (unpaired) electrons. The number of amides is 2. The maximum Gasteiger partial charge on any atom is 0.330 e. The molecule has 20 nitrogen and oxygen atoms in total. The number of nitrogens with zero attached hydrogens (tertiary/aromatic N) is 1. The van der Waals surface area contributed by atoms with Crippen molar-refractivity contribution in [2.24, 2.45) is 0 Å². The summed E-state index contributed by atoms with van der Waals surface area (Å²) in [7, 11) is 0. The lowest BCUT2D eigenvalue weighted by Gasteiger charge is -2.47. The fourth-order valence-corrected chi connectivity index (χ4v) is 7.85. The number of nitrogens with one attached hydrogen (secondary N) is 3. The molecule has 3 fully saturated rings. The van der Waals surface area contributed by atoms with Gasteiger partial charge in [-0.3, -0.25) is 23.9 Å². The van der Waals surface area contributed by atoms with Crippen LogP contribution in [0.2, 0.25) is 0 Å². The Hall–Kier alpha value is -3.12. The molecule has 0 aromatic carbocycles. The number of hydrogen-bond acceptors (Lipinski definition) is 16. The maximum atomic E-state index is 13.2. The average Bonchev–Trinajstić information content (AvgIpc) is 3.50. The Labute approximate surface area is 348 Å². The van der Waals surface area contributed by atoms with Gasteiger partial charge in [0.1, 0.15) is 60.9 Å². The summed E-state index contributed by atoms with van der Waals surface area (Å²) in [6.45, 7) is 2.56. The van der Waals surface area contributed by atoms with Crippen molar-refractivity contribution < 1.29 is 69.4 Å². The first-order valence-electron chi connectivity index (χ1n) is 21.2. The Morgan fingerprint density at radius 1 is 0.783 bits per heavy atom. The van der Waals surface area contributed by atoms with Crippen LogP contribution in [0.3, 0.4) is 0 Å². The van der Waals surface area contributed by atoms with Gasteiger partial charge in [-0.15, -0.1) is 0 Å². The van der Waals surface area contributed by atoms with Gasteiger partial charge in [0.2, 0.25) is 11.8 Å². The molecule has 60 heavy (non-hydrogen) atoms. The second kappa shape index (κ2) is 24.5. The third kappa shape index (κ3) is 13.7. The summed E-state index contributed by atoms with van der Waals surface area (Å²) in [6.07, 6.45) is -3.63. The summed E-state index contributed by atoms with van der Waals surface area (Å²) in [4.78, 5) is 51.2. The molecule has 15 atom stereocenters. The number of hydrogen-bond donors (Lipinski definition) is 11. The topological polar surface area (TPSA) is 312 Å². The summed E-state index contributed by atoms with van der Waals surface area (Å²) in [5.74, 6) is -1.35. The minimum atomic E-state index is -1.85. The first-order valence-corrected chi connectivity index (χ1v) is 21.2. The fraction of sp³-hybridized carbons (Fsp3) is 0.800. The Balaban J connectivity index is 1.42. The van der Waals surface area contributed by atoms with E-state index in [0.29, 0.717) is 6.42 Å². The summed E-state index contributed by atoms with van der Waals surface area (Å²) in [6, 6.07) is -2.01. The highest BCUT2D eigenvalue weighted by Gasteiger charge is 2.53. The Kier molecular flexibility index (Phi) is 20.2. The fourth-order valence-electron chi connectivity index (χ4n) is 7.85. The summed E-state index contributed by atoms with van der Waals surface area (Å²) >= 11 is 0. The van der Waals surface area contributed by atoms with E-state index in [4.69, 9.17) is 18.9 Å². The van der Waals surface area contributed by atoms with E-state index < -0.39 is 128 Å². The molecule has 3 aliphatic heterocycles. The van der Waals surface area contributed by atoms with Crippen molar-refractivity contribution in [2.75, 3.05) is 6.61 Å². The van der Waals surface area contributed by atoms with Crippen molar-refractivity contribution in [1.82, 2.24) is 20.2 Å². The number of carbonyl (C=O) groups excluding carboxylic acids is 2. The first-order chi connectivity index (χ1) is 28.7. The molecule has 0 saturated carbocycles. The lowest BCUT2D eigenvalue weighted by Crippen LogP contribution is -2.68. The van der Waals surface area contributed by atoms with Crippen LogP contribution in [-0.4, -0.2) is 155 Å². The van der Waals surface area contributed by atoms with Gasteiger partial charge in [0.15, 0.2) is 18.8 Å². The van der Waals surface area contributed by atoms with Crippen molar-refractivity contribution >= 4 is 11.8 Å². The maximum absolute atomic E-state index is 13.2. The lowest BCUT2D eigenvalue weighted by molar-refractivity contribution is -0.346. The van der Waals surface area contributed by atoms with Crippen LogP contribution in [-0.2, 0) is 28.5 Å². The largest absolute Gasteiger partial charge is 0.394 e. The van der Waals surface area contributed by atoms with E-state index in [1.807, 2.05) is 4.98 Å². The van der Waals surface area contributed by atoms with Crippen LogP contribution in [0.15, 0.2) is 34.0 Å². The zero-order valence-electron chi connectivity index (χ0n) is 34.4. The highest BCUT2D eigenvalue weighted by Crippen LogP contribution is 2.34. The van der Waals surface area contributed by atoms with Crippen LogP contribution in [0.5, 0.6) is 0 Å². The molecule has 1 aromatic heterocycles. The normalized spacial score (nSPS) is 33.8. The summed E-state index contributed by atoms with van der Waals surface area (Å²) < 4.78 is 24.1. The van der Waals surface area contributed by atoms with Gasteiger partial charge in [0.25, 0.3) is 5.56 Å². The molecule has 2 amide bonds. The molecule has 342 valence electrons. The number of allylic oxidation sites excluding steroid dienone is 1. The minimum absolute atomic E-state index is 0.597. The molecule has 0 aliphatic carbocycles. The van der Waals surface area contributed by atoms with E-state index in [0.717, 1.165) is 49.4 Å². The standard InChI is InChI=1S/C40H66N4O16/c1-3-4-5-6-7-8-9-10-11-12-13-14-15-16-17-26(48)42-29-33(53)30(50)24(57-39(29)60-38-28(41-22(2)46)32(52)31(51)25(21-45)58-38)20-23(47)36-34(54)35(55)37(59-36)44-19-18-27(49)43-40(44)56/h16-19,23-25,28-39,45,47,50-55H,3-15,20-21H2,1-2H3,(H,41,46)(H,42,48)(H,43,49,56)/b17-16+/t23-,24+,25-,28-,29-,30+,31-,32-,33-,34+,35-,36-,37-,38+,39+/m1/s1. The smallest absolute Gasteiger partial charge is 0.330 e. The SMILES string of the molecule is CCCCCCCCCCCCCC/C=C/C(=O)N[C@H]1[C@H](O[C@@H]2O[C@H](CO)[C@@H](O)[C@H](O)[C@H]2NC(C)=O)O[C@@H](C[C@@H](O)[C@H]2O[C@@H](n3ccc(=O)[nH]c3=O)[C@H](O)[C@@H]2O)[C@H](O)[C@@H]1O. The molecule has 4 heterocycles. The van der Waals surface area contributed by atoms with Crippen molar-refractivity contribution in [3.05, 3.63) is 45.3 Å². The van der Waals surface area contributed by atoms with Gasteiger partial charge >= 0.3 is 5.69 Å². The molecule has 11 N–H and O–H groups in total. The molecular formula is C40H66N4O16. The van der Waals surface area contributed by atoms with Crippen LogP contribution in [0, 0.1) is 0 Å². The number of H-pyrrole nitrogens is 1. The third-order valence-electron chi connectivity index (χ3n) is 11.3. The van der Waals surface area contributed by atoms with Crippen LogP contribution in [0.4, 0.5) is 0 Å². The van der Waals surface area contributed by atoms with E-state index >= 15 is 0 Å². The van der Waals surface area contributed by atoms with Crippen LogP contribution >= 0.6 is 0 Å². The number of rotatable bonds is 23. The number of unbranched alkanes of at least 4 members (excludes halogenated alkanes) is 12. The predicted octanol–water partition coefficient (Wildman–Crippen LogP) is -1.55. The van der Waals surface area contributed by atoms with Gasteiger partial charge in [0, 0.05) is 25.6 Å². The monoisotopic (exact) mass is 858 g/mol. The van der Waals surface area contributed by atoms with E-state index in [1.54, 1.807) is 6.08 Å². The van der Waals surface area contributed by atoms with Crippen molar-refractivity contribution in [1.29, 1.82) is 0 Å². The molecule has 3 saturated heterocycles. The number of carbonyl (C=O) groups is 2. The van der Waals surface area contributed by atoms with Gasteiger partial charge in [-0.05, 0) is 18.9 Å². The summed E-state index contributed by atoms with van der Waals surface area (Å²) in [5, 5.41) is 91.5. The predicted molar refractivity (Wildman–Crippen MR) is 212 cm³/mol. The van der Waals surface area contributed by atoms with Crippen molar-refractivity contribution in [3.63, 3.8) is 0 Å². The number of aliphatic hydroxyl groups excluding tert-OH is 8. The van der Waals surface area contributed by atoms with Gasteiger partial charge in [-0.1, -0.05) is 83.6 Å². The number of aromatic nitrogens is 2. The van der Waals surface area contributed by atoms with Gasteiger partial charge in [0.05, 0.1) is 18.8 Å². The zero-order valence-corrected chi connectivity index (χ0v) is 34.4. The summed E-state index contributed by atoms with van der Waals surface area (Å²) in [5.41, 5.74) is -1.68. The molecule has 20 heteroatoms. The molecule has 0 bridgehead atoms. The lowest BCUT2D eigenvalue weighted by atomic mass is 9.91. The first kappa shape index (κ1) is 49.5. The average molecular weight is 859 g/mol. The second-order valence-electron chi connectivity index (χ2n) is 16.0. The van der Waals surface area contributed by atoms with Gasteiger partial charge in [-0.2, -0.15) is 0 Å². The Morgan fingerprint density at radius 3 is 1.90 bits per heavy atom. The van der Waals surface area contributed by atoms with Crippen LogP contribution in [0.1, 0.15) is 110 Å². The van der Waals surface area contributed by atoms with Crippen LogP contribution in [0.25, 0.3) is 0 Å². The quantitative estimate of drug-likeness (QED) is 0.0438. The van der Waals surface area contributed by atoms with E-state index in [2.05, 4.69) is 17.6 Å². The van der Waals surface area contributed by atoms with E-state index in [9.17, 15) is 60.0 Å². The van der Waals surface area contributed by atoms with Crippen molar-refractivity contribution in [3.8, 4) is 0 Å². The molecular weight excluding hydrogens is 792 g/mol. The van der Waals surface area contributed by atoms with E-state index in [1.165, 1.54) is 57.4 Å². The van der Waals surface area contributed by atoms with Crippen molar-refractivity contribution in [2.45, 2.75) is 196 Å². The van der Waals surface area contributed by atoms with Gasteiger partial charge < -0.3 is 70.4 Å². The molecule has 0 spiro atoms. The van der Waals surface area contributed by atoms with E-state index in [-0.39, 0.29) is 0 Å². The number of ether oxygens (including phenoxy) is 4. The third-order valence-corrected chi connectivity index (χ3v) is 11.3. The molecule has 4 rings (SSSR count).